The van der Waals surface area contributed by atoms with E-state index in [4.69, 9.17) is 22.1 Å². The second-order valence-electron chi connectivity index (χ2n) is 3.35. The summed E-state index contributed by atoms with van der Waals surface area (Å²) in [5.41, 5.74) is 6.64. The minimum atomic E-state index is 0.643. The van der Waals surface area contributed by atoms with Gasteiger partial charge in [-0.3, -0.25) is 0 Å². The molecule has 0 aliphatic rings. The van der Waals surface area contributed by atoms with E-state index in [-0.39, 0.29) is 0 Å². The molecule has 0 atom stereocenters. The Morgan fingerprint density at radius 2 is 2.25 bits per heavy atom. The Hall–Kier alpha value is -0.380. The molecular formula is C12H18ClNOS. The van der Waals surface area contributed by atoms with Crippen molar-refractivity contribution >= 4 is 23.4 Å². The lowest BCUT2D eigenvalue weighted by Crippen LogP contribution is -2.04. The van der Waals surface area contributed by atoms with Crippen LogP contribution in [0.5, 0.6) is 5.75 Å². The molecule has 1 aromatic rings. The van der Waals surface area contributed by atoms with Crippen LogP contribution < -0.4 is 10.5 Å². The summed E-state index contributed by atoms with van der Waals surface area (Å²) < 4.78 is 5.59. The molecule has 0 aromatic heterocycles. The van der Waals surface area contributed by atoms with Crippen molar-refractivity contribution in [2.75, 3.05) is 24.7 Å². The molecule has 0 amide bonds. The van der Waals surface area contributed by atoms with Crippen molar-refractivity contribution in [3.05, 3.63) is 28.8 Å². The third-order valence-electron chi connectivity index (χ3n) is 2.12. The van der Waals surface area contributed by atoms with Gasteiger partial charge in [0, 0.05) is 5.75 Å². The molecule has 0 spiro atoms. The van der Waals surface area contributed by atoms with Crippen molar-refractivity contribution < 1.29 is 4.74 Å². The molecule has 0 aliphatic carbocycles. The first-order valence-electron chi connectivity index (χ1n) is 5.47. The number of benzene rings is 1. The maximum Gasteiger partial charge on any atom is 0.137 e. The van der Waals surface area contributed by atoms with E-state index in [1.54, 1.807) is 0 Å². The van der Waals surface area contributed by atoms with Gasteiger partial charge >= 0.3 is 0 Å². The van der Waals surface area contributed by atoms with E-state index >= 15 is 0 Å². The average molecular weight is 260 g/mol. The molecule has 1 aromatic carbocycles. The lowest BCUT2D eigenvalue weighted by Gasteiger charge is -2.08. The van der Waals surface area contributed by atoms with Crippen LogP contribution in [0.2, 0.25) is 5.02 Å². The van der Waals surface area contributed by atoms with Crippen LogP contribution in [0.25, 0.3) is 0 Å². The zero-order chi connectivity index (χ0) is 11.8. The average Bonchev–Trinajstić information content (AvgIpc) is 2.27. The molecule has 2 N–H and O–H groups in total. The third kappa shape index (κ3) is 4.64. The number of halogens is 1. The molecule has 90 valence electrons. The first kappa shape index (κ1) is 13.7. The van der Waals surface area contributed by atoms with Crippen LogP contribution >= 0.6 is 23.4 Å². The number of rotatable bonds is 7. The highest BCUT2D eigenvalue weighted by molar-refractivity contribution is 7.99. The van der Waals surface area contributed by atoms with Crippen molar-refractivity contribution in [1.29, 1.82) is 0 Å². The lowest BCUT2D eigenvalue weighted by molar-refractivity contribution is 0.344. The Balaban J connectivity index is 2.47. The third-order valence-corrected chi connectivity index (χ3v) is 3.28. The summed E-state index contributed by atoms with van der Waals surface area (Å²) in [6.45, 7) is 3.48. The molecule has 1 rings (SSSR count). The number of hydrogen-bond acceptors (Lipinski definition) is 3. The van der Waals surface area contributed by atoms with Crippen LogP contribution in [0.3, 0.4) is 0 Å². The number of nitrogens with two attached hydrogens (primary N) is 1. The highest BCUT2D eigenvalue weighted by Crippen LogP contribution is 2.25. The maximum absolute atomic E-state index is 6.11. The number of ether oxygens (including phenoxy) is 1. The fraction of sp³-hybridized carbons (Fsp3) is 0.500. The van der Waals surface area contributed by atoms with Crippen LogP contribution in [-0.2, 0) is 6.42 Å². The molecule has 0 fully saturated rings. The maximum atomic E-state index is 6.11. The Morgan fingerprint density at radius 1 is 1.44 bits per heavy atom. The summed E-state index contributed by atoms with van der Waals surface area (Å²) >= 11 is 7.97. The topological polar surface area (TPSA) is 35.2 Å². The largest absolute Gasteiger partial charge is 0.491 e. The van der Waals surface area contributed by atoms with E-state index in [0.29, 0.717) is 18.2 Å². The molecule has 0 heterocycles. The van der Waals surface area contributed by atoms with Crippen molar-refractivity contribution in [2.24, 2.45) is 5.73 Å². The van der Waals surface area contributed by atoms with Gasteiger partial charge in [-0.1, -0.05) is 24.6 Å². The number of hydrogen-bond donors (Lipinski definition) is 1. The zero-order valence-electron chi connectivity index (χ0n) is 9.54. The van der Waals surface area contributed by atoms with Gasteiger partial charge in [-0.15, -0.1) is 0 Å². The Morgan fingerprint density at radius 3 is 2.88 bits per heavy atom. The highest BCUT2D eigenvalue weighted by atomic mass is 35.5. The van der Waals surface area contributed by atoms with E-state index in [1.165, 1.54) is 0 Å². The molecule has 16 heavy (non-hydrogen) atoms. The van der Waals surface area contributed by atoms with Gasteiger partial charge in [0.25, 0.3) is 0 Å². The van der Waals surface area contributed by atoms with Gasteiger partial charge in [0.1, 0.15) is 5.75 Å². The van der Waals surface area contributed by atoms with Crippen LogP contribution in [-0.4, -0.2) is 24.7 Å². The van der Waals surface area contributed by atoms with Gasteiger partial charge in [-0.05, 0) is 36.4 Å². The Bertz CT molecular complexity index is 320. The second-order valence-corrected chi connectivity index (χ2v) is 5.15. The first-order chi connectivity index (χ1) is 7.77. The molecule has 0 bridgehead atoms. The molecule has 0 radical (unpaired) electrons. The summed E-state index contributed by atoms with van der Waals surface area (Å²) in [4.78, 5) is 0. The molecule has 2 nitrogen and oxygen atoms in total. The van der Waals surface area contributed by atoms with E-state index in [2.05, 4.69) is 6.92 Å². The quantitative estimate of drug-likeness (QED) is 0.765. The normalized spacial score (nSPS) is 10.4. The molecule has 0 saturated heterocycles. The predicted octanol–water partition coefficient (Wildman–Crippen LogP) is 2.97. The molecule has 0 unspecified atom stereocenters. The lowest BCUT2D eigenvalue weighted by atomic mass is 10.1. The van der Waals surface area contributed by atoms with Crippen LogP contribution in [0, 0.1) is 0 Å². The molecule has 0 saturated carbocycles. The predicted molar refractivity (Wildman–Crippen MR) is 72.7 cm³/mol. The summed E-state index contributed by atoms with van der Waals surface area (Å²) in [7, 11) is 0. The van der Waals surface area contributed by atoms with Gasteiger partial charge in [0.2, 0.25) is 0 Å². The standard InChI is InChI=1S/C12H18ClNOS/c1-2-16-8-7-15-12-4-3-10(5-6-14)9-11(12)13/h3-4,9H,2,5-8,14H2,1H3. The van der Waals surface area contributed by atoms with Crippen molar-refractivity contribution in [1.82, 2.24) is 0 Å². The van der Waals surface area contributed by atoms with Gasteiger partial charge in [0.05, 0.1) is 11.6 Å². The SMILES string of the molecule is CCSCCOc1ccc(CCN)cc1Cl. The Kier molecular flexibility index (Phi) is 6.69. The first-order valence-corrected chi connectivity index (χ1v) is 7.00. The van der Waals surface area contributed by atoms with Crippen LogP contribution in [0.4, 0.5) is 0 Å². The van der Waals surface area contributed by atoms with E-state index < -0.39 is 0 Å². The van der Waals surface area contributed by atoms with Crippen molar-refractivity contribution in [2.45, 2.75) is 13.3 Å². The van der Waals surface area contributed by atoms with Crippen LogP contribution in [0.1, 0.15) is 12.5 Å². The van der Waals surface area contributed by atoms with Gasteiger partial charge in [-0.25, -0.2) is 0 Å². The highest BCUT2D eigenvalue weighted by Gasteiger charge is 2.02. The minimum Gasteiger partial charge on any atom is -0.491 e. The van der Waals surface area contributed by atoms with Crippen LogP contribution in [0.15, 0.2) is 18.2 Å². The molecule has 4 heteroatoms. The summed E-state index contributed by atoms with van der Waals surface area (Å²) in [6, 6.07) is 5.86. The van der Waals surface area contributed by atoms with Crippen molar-refractivity contribution in [3.63, 3.8) is 0 Å². The van der Waals surface area contributed by atoms with E-state index in [1.807, 2.05) is 30.0 Å². The van der Waals surface area contributed by atoms with Gasteiger partial charge < -0.3 is 10.5 Å². The smallest absolute Gasteiger partial charge is 0.137 e. The van der Waals surface area contributed by atoms with E-state index in [0.717, 1.165) is 29.2 Å². The summed E-state index contributed by atoms with van der Waals surface area (Å²) in [5, 5.41) is 0.674. The van der Waals surface area contributed by atoms with Crippen molar-refractivity contribution in [3.8, 4) is 5.75 Å². The fourth-order valence-electron chi connectivity index (χ4n) is 1.34. The zero-order valence-corrected chi connectivity index (χ0v) is 11.1. The van der Waals surface area contributed by atoms with Gasteiger partial charge in [-0.2, -0.15) is 11.8 Å². The van der Waals surface area contributed by atoms with E-state index in [9.17, 15) is 0 Å². The fourth-order valence-corrected chi connectivity index (χ4v) is 2.09. The second kappa shape index (κ2) is 7.82. The minimum absolute atomic E-state index is 0.643. The summed E-state index contributed by atoms with van der Waals surface area (Å²) in [5.74, 6) is 2.88. The monoisotopic (exact) mass is 259 g/mol. The molecular weight excluding hydrogens is 242 g/mol. The summed E-state index contributed by atoms with van der Waals surface area (Å²) in [6.07, 6.45) is 0.853. The Labute approximate surface area is 107 Å². The molecule has 0 aliphatic heterocycles. The van der Waals surface area contributed by atoms with Gasteiger partial charge in [0.15, 0.2) is 0 Å². The number of thioether (sulfide) groups is 1.